The second-order valence-electron chi connectivity index (χ2n) is 7.98. The summed E-state index contributed by atoms with van der Waals surface area (Å²) in [4.78, 5) is 15.6. The first kappa shape index (κ1) is 12.4. The number of ketones is 1. The van der Waals surface area contributed by atoms with E-state index in [1.165, 1.54) is 51.4 Å². The van der Waals surface area contributed by atoms with Crippen LogP contribution in [-0.4, -0.2) is 29.8 Å². The Labute approximate surface area is 116 Å². The van der Waals surface area contributed by atoms with E-state index in [1.54, 1.807) is 0 Å². The average molecular weight is 261 g/mol. The van der Waals surface area contributed by atoms with E-state index < -0.39 is 0 Å². The molecule has 5 rings (SSSR count). The largest absolute Gasteiger partial charge is 0.297 e. The van der Waals surface area contributed by atoms with Crippen LogP contribution in [-0.2, 0) is 4.79 Å². The van der Waals surface area contributed by atoms with Crippen molar-refractivity contribution in [3.63, 3.8) is 0 Å². The molecule has 4 aliphatic carbocycles. The van der Waals surface area contributed by atoms with Crippen LogP contribution in [0.1, 0.15) is 58.3 Å². The fourth-order valence-electron chi connectivity index (χ4n) is 6.15. The minimum absolute atomic E-state index is 0.108. The highest BCUT2D eigenvalue weighted by molar-refractivity contribution is 5.90. The molecule has 0 aromatic heterocycles. The minimum atomic E-state index is 0.108. The summed E-state index contributed by atoms with van der Waals surface area (Å²) in [6.07, 6.45) is 10.6. The molecule has 0 N–H and O–H groups in total. The molecule has 0 aromatic carbocycles. The number of rotatable bonds is 3. The van der Waals surface area contributed by atoms with E-state index in [2.05, 4.69) is 11.8 Å². The minimum Gasteiger partial charge on any atom is -0.297 e. The van der Waals surface area contributed by atoms with Gasteiger partial charge in [-0.25, -0.2) is 0 Å². The Kier molecular flexibility index (Phi) is 2.81. The van der Waals surface area contributed by atoms with Gasteiger partial charge in [-0.3, -0.25) is 9.69 Å². The Hall–Kier alpha value is -0.370. The van der Waals surface area contributed by atoms with Gasteiger partial charge in [0.25, 0.3) is 0 Å². The van der Waals surface area contributed by atoms with Gasteiger partial charge < -0.3 is 0 Å². The fraction of sp³-hybridized carbons (Fsp3) is 0.941. The standard InChI is InChI=1S/C17H27NO/c1-12(18-4-2-3-5-18)16(19)17-9-13-6-14(10-17)8-15(7-13)11-17/h12-15H,2-11H2,1H3/t12-,13?,14?,15?,17?/m0/s1. The van der Waals surface area contributed by atoms with Gasteiger partial charge in [-0.2, -0.15) is 0 Å². The molecule has 2 nitrogen and oxygen atoms in total. The fourth-order valence-corrected chi connectivity index (χ4v) is 6.15. The Morgan fingerprint density at radius 2 is 1.47 bits per heavy atom. The summed E-state index contributed by atoms with van der Waals surface area (Å²) in [6, 6.07) is 0.193. The first-order chi connectivity index (χ1) is 9.16. The smallest absolute Gasteiger partial charge is 0.155 e. The van der Waals surface area contributed by atoms with Crippen molar-refractivity contribution >= 4 is 5.78 Å². The third kappa shape index (κ3) is 1.90. The normalized spacial score (nSPS) is 46.7. The van der Waals surface area contributed by atoms with Gasteiger partial charge in [0.2, 0.25) is 0 Å². The quantitative estimate of drug-likeness (QED) is 0.777. The number of likely N-dealkylation sites (tertiary alicyclic amines) is 1. The Bertz CT molecular complexity index is 347. The summed E-state index contributed by atoms with van der Waals surface area (Å²) in [5.74, 6) is 3.29. The van der Waals surface area contributed by atoms with Gasteiger partial charge >= 0.3 is 0 Å². The third-order valence-electron chi connectivity index (χ3n) is 6.63. The molecule has 1 atom stereocenters. The number of hydrogen-bond acceptors (Lipinski definition) is 2. The van der Waals surface area contributed by atoms with E-state index in [4.69, 9.17) is 0 Å². The van der Waals surface area contributed by atoms with Gasteiger partial charge in [0.05, 0.1) is 6.04 Å². The maximum absolute atomic E-state index is 13.1. The van der Waals surface area contributed by atoms with E-state index >= 15 is 0 Å². The second kappa shape index (κ2) is 4.31. The summed E-state index contributed by atoms with van der Waals surface area (Å²) in [5.41, 5.74) is 0.108. The van der Waals surface area contributed by atoms with Gasteiger partial charge in [-0.1, -0.05) is 0 Å². The van der Waals surface area contributed by atoms with Crippen LogP contribution < -0.4 is 0 Å². The summed E-state index contributed by atoms with van der Waals surface area (Å²) in [6.45, 7) is 4.49. The molecular weight excluding hydrogens is 234 g/mol. The van der Waals surface area contributed by atoms with Crippen LogP contribution in [0.3, 0.4) is 0 Å². The number of carbonyl (C=O) groups excluding carboxylic acids is 1. The molecule has 106 valence electrons. The molecule has 0 unspecified atom stereocenters. The van der Waals surface area contributed by atoms with Crippen LogP contribution in [0.2, 0.25) is 0 Å². The van der Waals surface area contributed by atoms with Crippen molar-refractivity contribution in [1.82, 2.24) is 4.90 Å². The second-order valence-corrected chi connectivity index (χ2v) is 7.98. The van der Waals surface area contributed by atoms with Crippen molar-refractivity contribution in [3.05, 3.63) is 0 Å². The predicted molar refractivity (Wildman–Crippen MR) is 75.9 cm³/mol. The molecule has 4 saturated carbocycles. The van der Waals surface area contributed by atoms with Crippen LogP contribution in [0.25, 0.3) is 0 Å². The molecule has 1 aliphatic heterocycles. The van der Waals surface area contributed by atoms with E-state index in [0.717, 1.165) is 30.8 Å². The van der Waals surface area contributed by atoms with Crippen molar-refractivity contribution < 1.29 is 4.79 Å². The highest BCUT2D eigenvalue weighted by Gasteiger charge is 2.55. The summed E-state index contributed by atoms with van der Waals surface area (Å²) in [5, 5.41) is 0. The first-order valence-electron chi connectivity index (χ1n) is 8.45. The molecule has 1 saturated heterocycles. The van der Waals surface area contributed by atoms with E-state index in [0.29, 0.717) is 5.78 Å². The van der Waals surface area contributed by atoms with E-state index in [1.807, 2.05) is 0 Å². The van der Waals surface area contributed by atoms with Crippen LogP contribution in [0, 0.1) is 23.2 Å². The molecule has 5 fully saturated rings. The van der Waals surface area contributed by atoms with Crippen LogP contribution in [0.5, 0.6) is 0 Å². The number of Topliss-reactive ketones (excluding diaryl/α,β-unsaturated/α-hetero) is 1. The van der Waals surface area contributed by atoms with Crippen LogP contribution in [0.4, 0.5) is 0 Å². The SMILES string of the molecule is C[C@@H](C(=O)C12CC3CC(CC(C3)C1)C2)N1CCCC1. The molecule has 0 spiro atoms. The lowest BCUT2D eigenvalue weighted by molar-refractivity contribution is -0.148. The molecule has 4 bridgehead atoms. The molecule has 0 radical (unpaired) electrons. The first-order valence-corrected chi connectivity index (χ1v) is 8.45. The van der Waals surface area contributed by atoms with E-state index in [-0.39, 0.29) is 11.5 Å². The molecule has 19 heavy (non-hydrogen) atoms. The van der Waals surface area contributed by atoms with E-state index in [9.17, 15) is 4.79 Å². The lowest BCUT2D eigenvalue weighted by Crippen LogP contribution is -2.54. The summed E-state index contributed by atoms with van der Waals surface area (Å²) >= 11 is 0. The number of carbonyl (C=O) groups is 1. The predicted octanol–water partition coefficient (Wildman–Crippen LogP) is 3.26. The van der Waals surface area contributed by atoms with Crippen molar-refractivity contribution in [2.24, 2.45) is 23.2 Å². The molecule has 5 aliphatic rings. The Morgan fingerprint density at radius 3 is 1.95 bits per heavy atom. The number of hydrogen-bond donors (Lipinski definition) is 0. The van der Waals surface area contributed by atoms with Gasteiger partial charge in [0.1, 0.15) is 0 Å². The van der Waals surface area contributed by atoms with Crippen molar-refractivity contribution in [3.8, 4) is 0 Å². The van der Waals surface area contributed by atoms with Crippen LogP contribution in [0.15, 0.2) is 0 Å². The monoisotopic (exact) mass is 261 g/mol. The lowest BCUT2D eigenvalue weighted by Gasteiger charge is -2.56. The molecule has 1 heterocycles. The summed E-state index contributed by atoms with van der Waals surface area (Å²) in [7, 11) is 0. The highest BCUT2D eigenvalue weighted by atomic mass is 16.1. The van der Waals surface area contributed by atoms with Gasteiger partial charge in [-0.15, -0.1) is 0 Å². The zero-order valence-corrected chi connectivity index (χ0v) is 12.2. The number of nitrogens with zero attached hydrogens (tertiary/aromatic N) is 1. The molecule has 0 amide bonds. The molecular formula is C17H27NO. The van der Waals surface area contributed by atoms with Gasteiger partial charge in [-0.05, 0) is 89.1 Å². The molecule has 2 heteroatoms. The Morgan fingerprint density at radius 1 is 1.00 bits per heavy atom. The van der Waals surface area contributed by atoms with Gasteiger partial charge in [0.15, 0.2) is 5.78 Å². The zero-order valence-electron chi connectivity index (χ0n) is 12.2. The Balaban J connectivity index is 1.55. The van der Waals surface area contributed by atoms with Gasteiger partial charge in [0, 0.05) is 5.41 Å². The summed E-state index contributed by atoms with van der Waals surface area (Å²) < 4.78 is 0. The maximum atomic E-state index is 13.1. The highest BCUT2D eigenvalue weighted by Crippen LogP contribution is 2.60. The zero-order chi connectivity index (χ0) is 13.0. The maximum Gasteiger partial charge on any atom is 0.155 e. The lowest BCUT2D eigenvalue weighted by atomic mass is 9.48. The van der Waals surface area contributed by atoms with Crippen molar-refractivity contribution in [2.75, 3.05) is 13.1 Å². The third-order valence-corrected chi connectivity index (χ3v) is 6.63. The molecule has 0 aromatic rings. The van der Waals surface area contributed by atoms with Crippen molar-refractivity contribution in [2.45, 2.75) is 64.3 Å². The van der Waals surface area contributed by atoms with Crippen molar-refractivity contribution in [1.29, 1.82) is 0 Å². The topological polar surface area (TPSA) is 20.3 Å². The average Bonchev–Trinajstić information content (AvgIpc) is 2.89. The van der Waals surface area contributed by atoms with Crippen LogP contribution >= 0.6 is 0 Å².